The van der Waals surface area contributed by atoms with Crippen LogP contribution in [-0.4, -0.2) is 34.6 Å². The average molecular weight is 271 g/mol. The molecule has 0 spiro atoms. The Kier molecular flexibility index (Phi) is 3.98. The molecule has 2 atom stereocenters. The van der Waals surface area contributed by atoms with Gasteiger partial charge in [-0.1, -0.05) is 11.6 Å². The maximum atomic E-state index is 10.9. The molecule has 0 aliphatic carbocycles. The highest BCUT2D eigenvalue weighted by Gasteiger charge is 2.28. The van der Waals surface area contributed by atoms with E-state index in [0.717, 1.165) is 6.42 Å². The number of hydrogen-bond donors (Lipinski definition) is 2. The summed E-state index contributed by atoms with van der Waals surface area (Å²) in [5.74, 6) is 0.851. The number of halogens is 1. The van der Waals surface area contributed by atoms with Gasteiger partial charge in [-0.05, 0) is 19.8 Å². The molecule has 2 heterocycles. The van der Waals surface area contributed by atoms with Crippen molar-refractivity contribution in [3.05, 3.63) is 17.0 Å². The van der Waals surface area contributed by atoms with E-state index in [2.05, 4.69) is 15.3 Å². The van der Waals surface area contributed by atoms with Gasteiger partial charge in [0, 0.05) is 12.6 Å². The van der Waals surface area contributed by atoms with Gasteiger partial charge in [0.1, 0.15) is 22.9 Å². The van der Waals surface area contributed by atoms with E-state index in [4.69, 9.17) is 22.1 Å². The van der Waals surface area contributed by atoms with Crippen LogP contribution in [0, 0.1) is 6.92 Å². The first-order chi connectivity index (χ1) is 8.54. The lowest BCUT2D eigenvalue weighted by atomic mass is 10.2. The van der Waals surface area contributed by atoms with Crippen LogP contribution in [0.1, 0.15) is 18.7 Å². The Morgan fingerprint density at radius 2 is 2.39 bits per heavy atom. The summed E-state index contributed by atoms with van der Waals surface area (Å²) in [5.41, 5.74) is 5.18. The van der Waals surface area contributed by atoms with Gasteiger partial charge >= 0.3 is 0 Å². The van der Waals surface area contributed by atoms with Gasteiger partial charge in [-0.15, -0.1) is 0 Å². The monoisotopic (exact) mass is 270 g/mol. The Morgan fingerprint density at radius 1 is 1.61 bits per heavy atom. The van der Waals surface area contributed by atoms with Crippen molar-refractivity contribution in [2.45, 2.75) is 32.0 Å². The number of aryl methyl sites for hydroxylation is 1. The molecule has 1 aromatic heterocycles. The number of anilines is 1. The summed E-state index contributed by atoms with van der Waals surface area (Å²) in [6.45, 7) is 2.34. The number of primary amides is 1. The molecule has 1 aromatic rings. The Bertz CT molecular complexity index is 434. The van der Waals surface area contributed by atoms with E-state index in [1.807, 2.05) is 0 Å². The lowest BCUT2D eigenvalue weighted by Crippen LogP contribution is -2.30. The lowest BCUT2D eigenvalue weighted by molar-refractivity contribution is -0.128. The molecule has 18 heavy (non-hydrogen) atoms. The van der Waals surface area contributed by atoms with E-state index in [-0.39, 0.29) is 6.10 Å². The van der Waals surface area contributed by atoms with Crippen molar-refractivity contribution in [2.24, 2.45) is 5.73 Å². The highest BCUT2D eigenvalue weighted by Crippen LogP contribution is 2.20. The third kappa shape index (κ3) is 3.30. The van der Waals surface area contributed by atoms with E-state index in [1.165, 1.54) is 0 Å². The molecular weight excluding hydrogens is 256 g/mol. The molecule has 1 saturated heterocycles. The van der Waals surface area contributed by atoms with Gasteiger partial charge in [0.05, 0.1) is 6.10 Å². The molecule has 0 bridgehead atoms. The van der Waals surface area contributed by atoms with E-state index in [0.29, 0.717) is 29.8 Å². The van der Waals surface area contributed by atoms with Gasteiger partial charge in [-0.25, -0.2) is 9.97 Å². The summed E-state index contributed by atoms with van der Waals surface area (Å²) in [5, 5.41) is 3.51. The largest absolute Gasteiger partial charge is 0.367 e. The highest BCUT2D eigenvalue weighted by atomic mass is 35.5. The standard InChI is InChI=1S/C11H15ClN4O2/c1-6-15-9(12)4-10(16-6)14-5-7-2-3-8(18-7)11(13)17/h4,7-8H,2-3,5H2,1H3,(H2,13,17)(H,14,15,16). The first kappa shape index (κ1) is 13.0. The maximum Gasteiger partial charge on any atom is 0.246 e. The van der Waals surface area contributed by atoms with Crippen LogP contribution in [0.4, 0.5) is 5.82 Å². The van der Waals surface area contributed by atoms with Crippen LogP contribution in [0.5, 0.6) is 0 Å². The zero-order valence-electron chi connectivity index (χ0n) is 10.0. The van der Waals surface area contributed by atoms with Crippen LogP contribution in [0.3, 0.4) is 0 Å². The number of nitrogens with zero attached hydrogens (tertiary/aromatic N) is 2. The SMILES string of the molecule is Cc1nc(Cl)cc(NCC2CCC(C(N)=O)O2)n1. The quantitative estimate of drug-likeness (QED) is 0.793. The van der Waals surface area contributed by atoms with Gasteiger partial charge in [0.25, 0.3) is 0 Å². The fraction of sp³-hybridized carbons (Fsp3) is 0.545. The minimum atomic E-state index is -0.465. The average Bonchev–Trinajstić information content (AvgIpc) is 2.73. The smallest absolute Gasteiger partial charge is 0.246 e. The molecule has 2 unspecified atom stereocenters. The summed E-state index contributed by atoms with van der Waals surface area (Å²) >= 11 is 5.83. The van der Waals surface area contributed by atoms with Gasteiger partial charge in [0.15, 0.2) is 0 Å². The first-order valence-electron chi connectivity index (χ1n) is 5.74. The fourth-order valence-electron chi connectivity index (χ4n) is 1.91. The van der Waals surface area contributed by atoms with E-state index >= 15 is 0 Å². The van der Waals surface area contributed by atoms with Crippen molar-refractivity contribution in [1.82, 2.24) is 9.97 Å². The molecule has 6 nitrogen and oxygen atoms in total. The van der Waals surface area contributed by atoms with Gasteiger partial charge in [0.2, 0.25) is 5.91 Å². The second-order valence-corrected chi connectivity index (χ2v) is 4.62. The molecule has 2 rings (SSSR count). The number of carbonyl (C=O) groups is 1. The highest BCUT2D eigenvalue weighted by molar-refractivity contribution is 6.29. The molecule has 3 N–H and O–H groups in total. The minimum absolute atomic E-state index is 0.0310. The van der Waals surface area contributed by atoms with Crippen molar-refractivity contribution < 1.29 is 9.53 Å². The number of nitrogens with one attached hydrogen (secondary N) is 1. The number of ether oxygens (including phenoxy) is 1. The molecular formula is C11H15ClN4O2. The number of rotatable bonds is 4. The summed E-state index contributed by atoms with van der Waals surface area (Å²) in [7, 11) is 0. The van der Waals surface area contributed by atoms with Gasteiger partial charge < -0.3 is 15.8 Å². The summed E-state index contributed by atoms with van der Waals surface area (Å²) in [6.07, 6.45) is 0.980. The van der Waals surface area contributed by atoms with Crippen molar-refractivity contribution in [3.63, 3.8) is 0 Å². The minimum Gasteiger partial charge on any atom is -0.367 e. The second-order valence-electron chi connectivity index (χ2n) is 4.23. The molecule has 1 fully saturated rings. The number of carbonyl (C=O) groups excluding carboxylic acids is 1. The number of hydrogen-bond acceptors (Lipinski definition) is 5. The van der Waals surface area contributed by atoms with Crippen molar-refractivity contribution in [2.75, 3.05) is 11.9 Å². The summed E-state index contributed by atoms with van der Waals surface area (Å²) in [4.78, 5) is 19.1. The number of nitrogens with two attached hydrogens (primary N) is 1. The Labute approximate surface area is 110 Å². The van der Waals surface area contributed by atoms with Crippen LogP contribution in [-0.2, 0) is 9.53 Å². The number of amides is 1. The zero-order chi connectivity index (χ0) is 13.1. The van der Waals surface area contributed by atoms with Gasteiger partial charge in [-0.2, -0.15) is 0 Å². The molecule has 1 aliphatic rings. The third-order valence-corrected chi connectivity index (χ3v) is 2.94. The third-order valence-electron chi connectivity index (χ3n) is 2.74. The molecule has 0 saturated carbocycles. The van der Waals surface area contributed by atoms with Crippen LogP contribution < -0.4 is 11.1 Å². The number of aromatic nitrogens is 2. The second kappa shape index (κ2) is 5.49. The normalized spacial score (nSPS) is 23.0. The van der Waals surface area contributed by atoms with Crippen LogP contribution in [0.15, 0.2) is 6.07 Å². The predicted octanol–water partition coefficient (Wildman–Crippen LogP) is 0.883. The van der Waals surface area contributed by atoms with E-state index < -0.39 is 12.0 Å². The van der Waals surface area contributed by atoms with Crippen molar-refractivity contribution in [3.8, 4) is 0 Å². The molecule has 0 aromatic carbocycles. The molecule has 7 heteroatoms. The molecule has 1 amide bonds. The van der Waals surface area contributed by atoms with Crippen molar-refractivity contribution >= 4 is 23.3 Å². The Hall–Kier alpha value is -1.40. The maximum absolute atomic E-state index is 10.9. The molecule has 98 valence electrons. The predicted molar refractivity (Wildman–Crippen MR) is 67.4 cm³/mol. The summed E-state index contributed by atoms with van der Waals surface area (Å²) < 4.78 is 5.49. The molecule has 1 aliphatic heterocycles. The first-order valence-corrected chi connectivity index (χ1v) is 6.12. The van der Waals surface area contributed by atoms with Crippen LogP contribution in [0.25, 0.3) is 0 Å². The lowest BCUT2D eigenvalue weighted by Gasteiger charge is -2.13. The zero-order valence-corrected chi connectivity index (χ0v) is 10.8. The van der Waals surface area contributed by atoms with Crippen LogP contribution >= 0.6 is 11.6 Å². The van der Waals surface area contributed by atoms with E-state index in [1.54, 1.807) is 13.0 Å². The van der Waals surface area contributed by atoms with Gasteiger partial charge in [-0.3, -0.25) is 4.79 Å². The Morgan fingerprint density at radius 3 is 3.00 bits per heavy atom. The van der Waals surface area contributed by atoms with Crippen molar-refractivity contribution in [1.29, 1.82) is 0 Å². The van der Waals surface area contributed by atoms with Crippen LogP contribution in [0.2, 0.25) is 5.15 Å². The van der Waals surface area contributed by atoms with E-state index in [9.17, 15) is 4.79 Å². The topological polar surface area (TPSA) is 90.1 Å². The molecule has 0 radical (unpaired) electrons. The summed E-state index contributed by atoms with van der Waals surface area (Å²) in [6, 6.07) is 1.65. The Balaban J connectivity index is 1.87. The fourth-order valence-corrected chi connectivity index (χ4v) is 2.13.